The van der Waals surface area contributed by atoms with Crippen LogP contribution < -0.4 is 0 Å². The second kappa shape index (κ2) is 6.52. The summed E-state index contributed by atoms with van der Waals surface area (Å²) in [4.78, 5) is 26.8. The zero-order chi connectivity index (χ0) is 17.3. The minimum atomic E-state index is -0.626. The van der Waals surface area contributed by atoms with Crippen molar-refractivity contribution in [1.29, 1.82) is 0 Å². The molecule has 0 saturated heterocycles. The number of aliphatic imine (C=N–C) groups is 1. The van der Waals surface area contributed by atoms with Gasteiger partial charge >= 0.3 is 5.97 Å². The zero-order valence-corrected chi connectivity index (χ0v) is 14.7. The van der Waals surface area contributed by atoms with Gasteiger partial charge in [-0.3, -0.25) is 10.1 Å². The summed E-state index contributed by atoms with van der Waals surface area (Å²) in [6.45, 7) is 1.95. The lowest BCUT2D eigenvalue weighted by Gasteiger charge is -2.02. The van der Waals surface area contributed by atoms with Gasteiger partial charge in [0.25, 0.3) is 5.69 Å². The minimum absolute atomic E-state index is 0.0375. The molecule has 0 atom stereocenters. The Labute approximate surface area is 151 Å². The molecule has 0 aromatic heterocycles. The van der Waals surface area contributed by atoms with Crippen LogP contribution in [0.3, 0.4) is 0 Å². The van der Waals surface area contributed by atoms with Crippen LogP contribution in [0.4, 0.5) is 5.69 Å². The normalized spacial score (nSPS) is 15.3. The molecule has 0 amide bonds. The molecule has 2 aromatic carbocycles. The maximum absolute atomic E-state index is 12.0. The molecule has 24 heavy (non-hydrogen) atoms. The van der Waals surface area contributed by atoms with Crippen LogP contribution >= 0.6 is 22.6 Å². The predicted molar refractivity (Wildman–Crippen MR) is 97.6 cm³/mol. The lowest BCUT2D eigenvalue weighted by Crippen LogP contribution is -2.05. The Bertz CT molecular complexity index is 919. The molecule has 120 valence electrons. The molecule has 0 aliphatic carbocycles. The van der Waals surface area contributed by atoms with E-state index in [1.165, 1.54) is 12.1 Å². The van der Waals surface area contributed by atoms with Crippen molar-refractivity contribution in [3.05, 3.63) is 78.5 Å². The average molecular weight is 434 g/mol. The second-order valence-electron chi connectivity index (χ2n) is 5.12. The number of carbonyl (C=O) groups excluding carboxylic acids is 1. The number of nitro benzene ring substituents is 1. The smallest absolute Gasteiger partial charge is 0.363 e. The number of benzene rings is 2. The van der Waals surface area contributed by atoms with Gasteiger partial charge in [-0.05, 0) is 65.4 Å². The second-order valence-corrected chi connectivity index (χ2v) is 6.28. The van der Waals surface area contributed by atoms with Gasteiger partial charge in [0.05, 0.1) is 10.5 Å². The third-order valence-electron chi connectivity index (χ3n) is 3.45. The number of nitro groups is 1. The molecule has 1 heterocycles. The third-order valence-corrected chi connectivity index (χ3v) is 4.66. The molecular weight excluding hydrogens is 423 g/mol. The molecule has 3 rings (SSSR count). The molecule has 2 aromatic rings. The van der Waals surface area contributed by atoms with Crippen LogP contribution in [0.25, 0.3) is 6.08 Å². The van der Waals surface area contributed by atoms with Gasteiger partial charge in [-0.2, -0.15) is 0 Å². The van der Waals surface area contributed by atoms with E-state index in [4.69, 9.17) is 4.74 Å². The van der Waals surface area contributed by atoms with Crippen LogP contribution in [0.2, 0.25) is 0 Å². The number of carbonyl (C=O) groups is 1. The van der Waals surface area contributed by atoms with E-state index in [9.17, 15) is 14.9 Å². The highest BCUT2D eigenvalue weighted by atomic mass is 127. The first kappa shape index (κ1) is 16.3. The Hall–Kier alpha value is -2.55. The van der Waals surface area contributed by atoms with Crippen molar-refractivity contribution in [2.24, 2.45) is 4.99 Å². The number of hydrogen-bond donors (Lipinski definition) is 0. The fraction of sp³-hybridized carbons (Fsp3) is 0.0588. The first-order valence-corrected chi connectivity index (χ1v) is 8.06. The lowest BCUT2D eigenvalue weighted by atomic mass is 10.1. The lowest BCUT2D eigenvalue weighted by molar-refractivity contribution is -0.385. The van der Waals surface area contributed by atoms with Crippen molar-refractivity contribution >= 4 is 46.2 Å². The number of aryl methyl sites for hydroxylation is 1. The number of ether oxygens (including phenoxy) is 1. The van der Waals surface area contributed by atoms with Crippen LogP contribution in [0.1, 0.15) is 16.7 Å². The molecule has 0 saturated carbocycles. The van der Waals surface area contributed by atoms with Crippen LogP contribution in [0.15, 0.2) is 53.2 Å². The van der Waals surface area contributed by atoms with Crippen molar-refractivity contribution in [1.82, 2.24) is 0 Å². The van der Waals surface area contributed by atoms with E-state index in [1.54, 1.807) is 18.2 Å². The molecule has 6 nitrogen and oxygen atoms in total. The minimum Gasteiger partial charge on any atom is -0.402 e. The van der Waals surface area contributed by atoms with Gasteiger partial charge < -0.3 is 4.74 Å². The average Bonchev–Trinajstić information content (AvgIpc) is 2.91. The van der Waals surface area contributed by atoms with Crippen molar-refractivity contribution in [2.75, 3.05) is 0 Å². The fourth-order valence-electron chi connectivity index (χ4n) is 2.23. The number of para-hydroxylation sites is 1. The van der Waals surface area contributed by atoms with Gasteiger partial charge in [-0.15, -0.1) is 0 Å². The fourth-order valence-corrected chi connectivity index (χ4v) is 2.57. The van der Waals surface area contributed by atoms with Gasteiger partial charge in [-0.25, -0.2) is 9.79 Å². The van der Waals surface area contributed by atoms with Crippen molar-refractivity contribution < 1.29 is 14.5 Å². The summed E-state index contributed by atoms with van der Waals surface area (Å²) in [7, 11) is 0. The van der Waals surface area contributed by atoms with Crippen molar-refractivity contribution in [2.45, 2.75) is 6.92 Å². The Kier molecular flexibility index (Phi) is 4.43. The van der Waals surface area contributed by atoms with E-state index in [-0.39, 0.29) is 17.3 Å². The van der Waals surface area contributed by atoms with Gasteiger partial charge in [0.15, 0.2) is 5.70 Å². The standard InChI is InChI=1S/C17H11IN2O4/c1-10-8-12(6-7-13(10)18)16-19-14(17(21)24-16)9-11-4-2-3-5-15(11)20(22)23/h2-9H,1H3/b14-9-. The van der Waals surface area contributed by atoms with Crippen LogP contribution in [0, 0.1) is 20.6 Å². The van der Waals surface area contributed by atoms with Gasteiger partial charge in [0, 0.05) is 15.2 Å². The first-order valence-electron chi connectivity index (χ1n) is 6.98. The molecule has 0 N–H and O–H groups in total. The Morgan fingerprint density at radius 1 is 1.25 bits per heavy atom. The highest BCUT2D eigenvalue weighted by Gasteiger charge is 2.25. The number of cyclic esters (lactones) is 1. The maximum atomic E-state index is 12.0. The number of hydrogen-bond acceptors (Lipinski definition) is 5. The van der Waals surface area contributed by atoms with Crippen LogP contribution in [0.5, 0.6) is 0 Å². The van der Waals surface area contributed by atoms with E-state index in [0.717, 1.165) is 9.13 Å². The number of esters is 1. The number of halogens is 1. The predicted octanol–water partition coefficient (Wildman–Crippen LogP) is 3.85. The Balaban J connectivity index is 2.00. The summed E-state index contributed by atoms with van der Waals surface area (Å²) >= 11 is 2.21. The van der Waals surface area contributed by atoms with E-state index >= 15 is 0 Å². The molecule has 0 radical (unpaired) electrons. The van der Waals surface area contributed by atoms with Gasteiger partial charge in [-0.1, -0.05) is 12.1 Å². The van der Waals surface area contributed by atoms with E-state index in [1.807, 2.05) is 25.1 Å². The SMILES string of the molecule is Cc1cc(C2=N/C(=C\c3ccccc3[N+](=O)[O-])C(=O)O2)ccc1I. The largest absolute Gasteiger partial charge is 0.402 e. The summed E-state index contributed by atoms with van der Waals surface area (Å²) < 4.78 is 6.29. The number of rotatable bonds is 3. The molecule has 0 spiro atoms. The van der Waals surface area contributed by atoms with Gasteiger partial charge in [0.2, 0.25) is 5.90 Å². The highest BCUT2D eigenvalue weighted by molar-refractivity contribution is 14.1. The third kappa shape index (κ3) is 3.21. The molecule has 0 fully saturated rings. The van der Waals surface area contributed by atoms with Crippen LogP contribution in [-0.2, 0) is 9.53 Å². The van der Waals surface area contributed by atoms with Gasteiger partial charge in [0.1, 0.15) is 0 Å². The quantitative estimate of drug-likeness (QED) is 0.242. The Morgan fingerprint density at radius 3 is 2.71 bits per heavy atom. The van der Waals surface area contributed by atoms with Crippen LogP contribution in [-0.4, -0.2) is 16.8 Å². The van der Waals surface area contributed by atoms with E-state index < -0.39 is 10.9 Å². The summed E-state index contributed by atoms with van der Waals surface area (Å²) in [5, 5.41) is 11.1. The molecule has 1 aliphatic rings. The Morgan fingerprint density at radius 2 is 2.00 bits per heavy atom. The molecular formula is C17H11IN2O4. The van der Waals surface area contributed by atoms with E-state index in [2.05, 4.69) is 27.6 Å². The monoisotopic (exact) mass is 434 g/mol. The zero-order valence-electron chi connectivity index (χ0n) is 12.5. The number of nitrogens with zero attached hydrogens (tertiary/aromatic N) is 2. The van der Waals surface area contributed by atoms with Crippen molar-refractivity contribution in [3.63, 3.8) is 0 Å². The first-order chi connectivity index (χ1) is 11.5. The topological polar surface area (TPSA) is 81.8 Å². The molecule has 7 heteroatoms. The molecule has 0 bridgehead atoms. The maximum Gasteiger partial charge on any atom is 0.363 e. The highest BCUT2D eigenvalue weighted by Crippen LogP contribution is 2.25. The van der Waals surface area contributed by atoms with Crippen molar-refractivity contribution in [3.8, 4) is 0 Å². The summed E-state index contributed by atoms with van der Waals surface area (Å²) in [5.41, 5.74) is 1.98. The summed E-state index contributed by atoms with van der Waals surface area (Å²) in [5.74, 6) is -0.427. The van der Waals surface area contributed by atoms with E-state index in [0.29, 0.717) is 11.1 Å². The summed E-state index contributed by atoms with van der Waals surface area (Å²) in [6.07, 6.45) is 1.37. The summed E-state index contributed by atoms with van der Waals surface area (Å²) in [6, 6.07) is 11.8. The molecule has 0 unspecified atom stereocenters. The molecule has 1 aliphatic heterocycles.